The Morgan fingerprint density at radius 3 is 2.67 bits per heavy atom. The van der Waals surface area contributed by atoms with Gasteiger partial charge in [-0.2, -0.15) is 13.2 Å². The summed E-state index contributed by atoms with van der Waals surface area (Å²) in [6.07, 6.45) is -1.42. The van der Waals surface area contributed by atoms with Crippen molar-refractivity contribution in [3.63, 3.8) is 0 Å². The first kappa shape index (κ1) is 12.9. The Labute approximate surface area is 103 Å². The van der Waals surface area contributed by atoms with Crippen LogP contribution in [-0.4, -0.2) is 29.5 Å². The molecular formula is C12H13F3N2O. The molecule has 1 aromatic heterocycles. The highest BCUT2D eigenvalue weighted by Gasteiger charge is 2.38. The second-order valence-corrected chi connectivity index (χ2v) is 4.43. The molecule has 6 heteroatoms. The number of nitrogens with zero attached hydrogens (tertiary/aromatic N) is 2. The molecule has 1 aliphatic carbocycles. The Kier molecular flexibility index (Phi) is 3.28. The molecule has 1 saturated carbocycles. The number of anilines is 1. The lowest BCUT2D eigenvalue weighted by Gasteiger charge is -2.24. The van der Waals surface area contributed by atoms with Crippen LogP contribution in [0.5, 0.6) is 0 Å². The van der Waals surface area contributed by atoms with Crippen molar-refractivity contribution >= 4 is 11.6 Å². The van der Waals surface area contributed by atoms with E-state index < -0.39 is 12.7 Å². The molecule has 18 heavy (non-hydrogen) atoms. The fourth-order valence-corrected chi connectivity index (χ4v) is 1.77. The van der Waals surface area contributed by atoms with Crippen molar-refractivity contribution in [2.75, 3.05) is 11.4 Å². The van der Waals surface area contributed by atoms with Gasteiger partial charge in [0.1, 0.15) is 12.4 Å². The van der Waals surface area contributed by atoms with Crippen LogP contribution in [0.15, 0.2) is 18.3 Å². The minimum atomic E-state index is -4.27. The van der Waals surface area contributed by atoms with Crippen LogP contribution in [0, 0.1) is 0 Å². The summed E-state index contributed by atoms with van der Waals surface area (Å²) in [5, 5.41) is 0. The molecule has 1 heterocycles. The Bertz CT molecular complexity index is 455. The molecule has 3 nitrogen and oxygen atoms in total. The van der Waals surface area contributed by atoms with Gasteiger partial charge in [-0.3, -0.25) is 4.79 Å². The lowest BCUT2D eigenvalue weighted by atomic mass is 10.2. The van der Waals surface area contributed by atoms with E-state index in [1.54, 1.807) is 0 Å². The number of Topliss-reactive ketones (excluding diaryl/α,β-unsaturated/α-hetero) is 1. The second-order valence-electron chi connectivity index (χ2n) is 4.43. The van der Waals surface area contributed by atoms with Gasteiger partial charge in [0.15, 0.2) is 5.78 Å². The molecule has 0 atom stereocenters. The number of rotatable bonds is 4. The Morgan fingerprint density at radius 1 is 1.50 bits per heavy atom. The monoisotopic (exact) mass is 258 g/mol. The molecule has 0 N–H and O–H groups in total. The van der Waals surface area contributed by atoms with Crippen molar-refractivity contribution in [1.82, 2.24) is 4.98 Å². The van der Waals surface area contributed by atoms with Crippen molar-refractivity contribution in [2.45, 2.75) is 32.0 Å². The van der Waals surface area contributed by atoms with Crippen LogP contribution in [0.1, 0.15) is 30.1 Å². The Morgan fingerprint density at radius 2 is 2.17 bits per heavy atom. The summed E-state index contributed by atoms with van der Waals surface area (Å²) >= 11 is 0. The highest BCUT2D eigenvalue weighted by molar-refractivity contribution is 5.94. The van der Waals surface area contributed by atoms with Crippen LogP contribution in [0.3, 0.4) is 0 Å². The van der Waals surface area contributed by atoms with Crippen LogP contribution in [-0.2, 0) is 0 Å². The topological polar surface area (TPSA) is 33.2 Å². The third-order valence-electron chi connectivity index (χ3n) is 2.78. The van der Waals surface area contributed by atoms with E-state index in [2.05, 4.69) is 4.98 Å². The summed E-state index contributed by atoms with van der Waals surface area (Å²) in [7, 11) is 0. The summed E-state index contributed by atoms with van der Waals surface area (Å²) in [6.45, 7) is 0.358. The average molecular weight is 258 g/mol. The predicted octanol–water partition coefficient (Wildman–Crippen LogP) is 2.82. The number of hydrogen-bond donors (Lipinski definition) is 0. The summed E-state index contributed by atoms with van der Waals surface area (Å²) in [5.41, 5.74) is 0.382. The van der Waals surface area contributed by atoms with Gasteiger partial charge >= 0.3 is 6.18 Å². The van der Waals surface area contributed by atoms with Gasteiger partial charge in [0, 0.05) is 17.8 Å². The van der Waals surface area contributed by atoms with E-state index in [4.69, 9.17) is 0 Å². The number of halogens is 3. The molecule has 0 bridgehead atoms. The number of ketones is 1. The fraction of sp³-hybridized carbons (Fsp3) is 0.500. The summed E-state index contributed by atoms with van der Waals surface area (Å²) in [5.74, 6) is 0.0453. The van der Waals surface area contributed by atoms with E-state index in [9.17, 15) is 18.0 Å². The minimum absolute atomic E-state index is 0.110. The van der Waals surface area contributed by atoms with Crippen molar-refractivity contribution in [1.29, 1.82) is 0 Å². The van der Waals surface area contributed by atoms with Gasteiger partial charge in [0.2, 0.25) is 0 Å². The SMILES string of the molecule is CC(=O)c1ccnc(N(CC(F)(F)F)C2CC2)c1. The maximum Gasteiger partial charge on any atom is 0.405 e. The van der Waals surface area contributed by atoms with Gasteiger partial charge in [-0.25, -0.2) is 4.98 Å². The zero-order valence-corrected chi connectivity index (χ0v) is 9.87. The molecule has 0 spiro atoms. The number of hydrogen-bond acceptors (Lipinski definition) is 3. The zero-order valence-electron chi connectivity index (χ0n) is 9.87. The van der Waals surface area contributed by atoms with Crippen molar-refractivity contribution in [3.8, 4) is 0 Å². The molecule has 2 rings (SSSR count). The third-order valence-corrected chi connectivity index (χ3v) is 2.78. The summed E-state index contributed by atoms with van der Waals surface area (Å²) < 4.78 is 37.5. The summed E-state index contributed by atoms with van der Waals surface area (Å²) in [4.78, 5) is 16.4. The molecule has 1 aliphatic rings. The first-order valence-electron chi connectivity index (χ1n) is 5.67. The van der Waals surface area contributed by atoms with Gasteiger partial charge in [0.25, 0.3) is 0 Å². The predicted molar refractivity (Wildman–Crippen MR) is 60.7 cm³/mol. The van der Waals surface area contributed by atoms with E-state index in [-0.39, 0.29) is 17.6 Å². The lowest BCUT2D eigenvalue weighted by molar-refractivity contribution is -0.120. The lowest BCUT2D eigenvalue weighted by Crippen LogP contribution is -2.36. The molecule has 0 aliphatic heterocycles. The number of alkyl halides is 3. The van der Waals surface area contributed by atoms with Crippen molar-refractivity contribution in [2.24, 2.45) is 0 Å². The molecular weight excluding hydrogens is 245 g/mol. The number of pyridine rings is 1. The van der Waals surface area contributed by atoms with Gasteiger partial charge in [-0.1, -0.05) is 0 Å². The third kappa shape index (κ3) is 3.21. The molecule has 0 unspecified atom stereocenters. The first-order chi connectivity index (χ1) is 8.37. The van der Waals surface area contributed by atoms with Crippen molar-refractivity contribution in [3.05, 3.63) is 23.9 Å². The number of carbonyl (C=O) groups is 1. The fourth-order valence-electron chi connectivity index (χ4n) is 1.77. The number of carbonyl (C=O) groups excluding carboxylic acids is 1. The van der Waals surface area contributed by atoms with E-state index >= 15 is 0 Å². The molecule has 0 radical (unpaired) electrons. The van der Waals surface area contributed by atoms with Crippen LogP contribution in [0.25, 0.3) is 0 Å². The van der Waals surface area contributed by atoms with E-state index in [0.717, 1.165) is 12.8 Å². The largest absolute Gasteiger partial charge is 0.405 e. The molecule has 0 saturated heterocycles. The molecule has 0 aromatic carbocycles. The standard InChI is InChI=1S/C12H13F3N2O/c1-8(18)9-4-5-16-11(6-9)17(10-2-3-10)7-12(13,14)15/h4-6,10H,2-3,7H2,1H3. The van der Waals surface area contributed by atoms with E-state index in [1.807, 2.05) is 0 Å². The smallest absolute Gasteiger partial charge is 0.345 e. The normalized spacial score (nSPS) is 15.6. The number of aromatic nitrogens is 1. The maximum atomic E-state index is 12.5. The zero-order chi connectivity index (χ0) is 13.3. The second kappa shape index (κ2) is 4.59. The van der Waals surface area contributed by atoms with E-state index in [1.165, 1.54) is 30.2 Å². The van der Waals surface area contributed by atoms with Crippen LogP contribution >= 0.6 is 0 Å². The maximum absolute atomic E-state index is 12.5. The van der Waals surface area contributed by atoms with Crippen molar-refractivity contribution < 1.29 is 18.0 Å². The summed E-state index contributed by atoms with van der Waals surface area (Å²) in [6, 6.07) is 2.82. The van der Waals surface area contributed by atoms with Crippen LogP contribution in [0.2, 0.25) is 0 Å². The highest BCUT2D eigenvalue weighted by atomic mass is 19.4. The quantitative estimate of drug-likeness (QED) is 0.778. The molecule has 1 aromatic rings. The van der Waals surface area contributed by atoms with Gasteiger partial charge in [-0.05, 0) is 31.9 Å². The molecule has 1 fully saturated rings. The van der Waals surface area contributed by atoms with Gasteiger partial charge in [0.05, 0.1) is 0 Å². The van der Waals surface area contributed by atoms with Gasteiger partial charge < -0.3 is 4.90 Å². The van der Waals surface area contributed by atoms with Crippen LogP contribution in [0.4, 0.5) is 19.0 Å². The molecule has 0 amide bonds. The van der Waals surface area contributed by atoms with Gasteiger partial charge in [-0.15, -0.1) is 0 Å². The average Bonchev–Trinajstić information content (AvgIpc) is 3.08. The Balaban J connectivity index is 2.25. The van der Waals surface area contributed by atoms with E-state index in [0.29, 0.717) is 5.56 Å². The molecule has 98 valence electrons. The highest BCUT2D eigenvalue weighted by Crippen LogP contribution is 2.33. The van der Waals surface area contributed by atoms with Crippen LogP contribution < -0.4 is 4.90 Å². The first-order valence-corrected chi connectivity index (χ1v) is 5.67. The minimum Gasteiger partial charge on any atom is -0.345 e. The Hall–Kier alpha value is -1.59.